The summed E-state index contributed by atoms with van der Waals surface area (Å²) in [5.74, 6) is 0.804. The van der Waals surface area contributed by atoms with Gasteiger partial charge in [0.05, 0.1) is 12.3 Å². The van der Waals surface area contributed by atoms with Crippen LogP contribution in [0, 0.1) is 5.92 Å². The molecule has 14 heavy (non-hydrogen) atoms. The molecule has 0 aromatic carbocycles. The summed E-state index contributed by atoms with van der Waals surface area (Å²) in [5.41, 5.74) is 1.00. The van der Waals surface area contributed by atoms with Crippen molar-refractivity contribution >= 4 is 0 Å². The average molecular weight is 190 g/mol. The fraction of sp³-hybridized carbons (Fsp3) is 0.636. The van der Waals surface area contributed by atoms with Crippen molar-refractivity contribution in [1.82, 2.24) is 9.97 Å². The minimum absolute atomic E-state index is 0.0717. The van der Waals surface area contributed by atoms with Gasteiger partial charge in [0, 0.05) is 6.20 Å². The lowest BCUT2D eigenvalue weighted by Gasteiger charge is -2.45. The van der Waals surface area contributed by atoms with Crippen molar-refractivity contribution in [3.8, 4) is 0 Å². The molecule has 2 aliphatic heterocycles. The van der Waals surface area contributed by atoms with Gasteiger partial charge in [0.25, 0.3) is 0 Å². The first-order valence-electron chi connectivity index (χ1n) is 5.29. The predicted molar refractivity (Wildman–Crippen MR) is 51.6 cm³/mol. The van der Waals surface area contributed by atoms with Gasteiger partial charge in [-0.05, 0) is 37.7 Å². The van der Waals surface area contributed by atoms with Crippen molar-refractivity contribution in [3.63, 3.8) is 0 Å². The van der Waals surface area contributed by atoms with Crippen LogP contribution in [-0.2, 0) is 10.3 Å². The van der Waals surface area contributed by atoms with Gasteiger partial charge in [-0.3, -0.25) is 0 Å². The summed E-state index contributed by atoms with van der Waals surface area (Å²) < 4.78 is 5.96. The number of fused-ring (bicyclic) bond motifs is 3. The molecule has 1 aliphatic carbocycles. The molecule has 0 radical (unpaired) electrons. The van der Waals surface area contributed by atoms with E-state index >= 15 is 0 Å². The van der Waals surface area contributed by atoms with Crippen molar-refractivity contribution < 1.29 is 4.74 Å². The Balaban J connectivity index is 1.96. The van der Waals surface area contributed by atoms with Crippen LogP contribution in [0.1, 0.15) is 31.4 Å². The monoisotopic (exact) mass is 190 g/mol. The number of aromatic nitrogens is 2. The molecule has 74 valence electrons. The van der Waals surface area contributed by atoms with E-state index in [1.54, 1.807) is 12.5 Å². The lowest BCUT2D eigenvalue weighted by atomic mass is 9.74. The zero-order chi connectivity index (χ0) is 9.43. The summed E-state index contributed by atoms with van der Waals surface area (Å²) in [6.45, 7) is 0.921. The Morgan fingerprint density at radius 3 is 2.79 bits per heavy atom. The summed E-state index contributed by atoms with van der Waals surface area (Å²) in [6.07, 6.45) is 8.28. The van der Waals surface area contributed by atoms with E-state index in [9.17, 15) is 0 Å². The summed E-state index contributed by atoms with van der Waals surface area (Å²) in [6, 6.07) is 1.99. The van der Waals surface area contributed by atoms with Crippen molar-refractivity contribution in [2.45, 2.75) is 31.3 Å². The molecule has 4 rings (SSSR count). The van der Waals surface area contributed by atoms with Crippen LogP contribution in [-0.4, -0.2) is 16.6 Å². The summed E-state index contributed by atoms with van der Waals surface area (Å²) >= 11 is 0. The second kappa shape index (κ2) is 3.02. The Labute approximate surface area is 83.5 Å². The van der Waals surface area contributed by atoms with Crippen LogP contribution < -0.4 is 0 Å². The van der Waals surface area contributed by atoms with Gasteiger partial charge >= 0.3 is 0 Å². The standard InChI is InChI=1S/C11H14N2O/c1-4-11(5-2-9(1)7-14-11)10-3-6-12-8-13-10/h3,6,8-9H,1-2,4-5,7H2. The van der Waals surface area contributed by atoms with E-state index in [1.807, 2.05) is 6.07 Å². The van der Waals surface area contributed by atoms with Gasteiger partial charge < -0.3 is 4.74 Å². The fourth-order valence-electron chi connectivity index (χ4n) is 2.62. The lowest BCUT2D eigenvalue weighted by molar-refractivity contribution is -0.152. The first-order valence-corrected chi connectivity index (χ1v) is 5.29. The normalized spacial score (nSPS) is 35.9. The molecule has 3 nitrogen and oxygen atoms in total. The lowest BCUT2D eigenvalue weighted by Crippen LogP contribution is -2.43. The maximum absolute atomic E-state index is 5.96. The Bertz CT molecular complexity index is 304. The molecule has 0 spiro atoms. The van der Waals surface area contributed by atoms with Crippen LogP contribution in [0.3, 0.4) is 0 Å². The third-order valence-corrected chi connectivity index (χ3v) is 3.56. The summed E-state index contributed by atoms with van der Waals surface area (Å²) in [7, 11) is 0. The van der Waals surface area contributed by atoms with E-state index in [2.05, 4.69) is 9.97 Å². The molecule has 0 amide bonds. The molecular weight excluding hydrogens is 176 g/mol. The highest BCUT2D eigenvalue weighted by Gasteiger charge is 2.43. The van der Waals surface area contributed by atoms with Gasteiger partial charge in [0.2, 0.25) is 0 Å². The molecule has 2 saturated heterocycles. The molecule has 1 saturated carbocycles. The molecule has 0 N–H and O–H groups in total. The van der Waals surface area contributed by atoms with Gasteiger partial charge in [-0.15, -0.1) is 0 Å². The van der Waals surface area contributed by atoms with E-state index in [0.717, 1.165) is 31.1 Å². The molecule has 0 unspecified atom stereocenters. The second-order valence-electron chi connectivity index (χ2n) is 4.34. The topological polar surface area (TPSA) is 35.0 Å². The van der Waals surface area contributed by atoms with E-state index in [1.165, 1.54) is 12.8 Å². The van der Waals surface area contributed by atoms with Crippen molar-refractivity contribution in [1.29, 1.82) is 0 Å². The molecular formula is C11H14N2O. The van der Waals surface area contributed by atoms with Crippen LogP contribution in [0.4, 0.5) is 0 Å². The Morgan fingerprint density at radius 2 is 2.21 bits per heavy atom. The van der Waals surface area contributed by atoms with Gasteiger partial charge in [-0.2, -0.15) is 0 Å². The summed E-state index contributed by atoms with van der Waals surface area (Å²) in [5, 5.41) is 0. The quantitative estimate of drug-likeness (QED) is 0.678. The maximum atomic E-state index is 5.96. The molecule has 3 heterocycles. The van der Waals surface area contributed by atoms with E-state index < -0.39 is 0 Å². The highest BCUT2D eigenvalue weighted by molar-refractivity contribution is 5.13. The van der Waals surface area contributed by atoms with Crippen molar-refractivity contribution in [2.75, 3.05) is 6.61 Å². The van der Waals surface area contributed by atoms with Crippen LogP contribution >= 0.6 is 0 Å². The number of hydrogen-bond acceptors (Lipinski definition) is 3. The molecule has 3 fully saturated rings. The number of hydrogen-bond donors (Lipinski definition) is 0. The van der Waals surface area contributed by atoms with Crippen LogP contribution in [0.2, 0.25) is 0 Å². The van der Waals surface area contributed by atoms with Crippen LogP contribution in [0.5, 0.6) is 0 Å². The molecule has 2 bridgehead atoms. The first-order chi connectivity index (χ1) is 6.89. The SMILES string of the molecule is c1cc(C23CCC(CC2)CO3)ncn1. The van der Waals surface area contributed by atoms with Crippen LogP contribution in [0.15, 0.2) is 18.6 Å². The zero-order valence-electron chi connectivity index (χ0n) is 8.15. The molecule has 1 aromatic rings. The Kier molecular flexibility index (Phi) is 1.80. The predicted octanol–water partition coefficient (Wildman–Crippen LogP) is 1.89. The van der Waals surface area contributed by atoms with Gasteiger partial charge in [0.15, 0.2) is 0 Å². The summed E-state index contributed by atoms with van der Waals surface area (Å²) in [4.78, 5) is 8.29. The highest BCUT2D eigenvalue weighted by atomic mass is 16.5. The number of nitrogens with zero attached hydrogens (tertiary/aromatic N) is 2. The maximum Gasteiger partial charge on any atom is 0.115 e. The Hall–Kier alpha value is -0.960. The van der Waals surface area contributed by atoms with E-state index in [0.29, 0.717) is 0 Å². The third-order valence-electron chi connectivity index (χ3n) is 3.56. The van der Waals surface area contributed by atoms with Gasteiger partial charge in [-0.1, -0.05) is 0 Å². The van der Waals surface area contributed by atoms with Crippen LogP contribution in [0.25, 0.3) is 0 Å². The molecule has 3 aliphatic rings. The van der Waals surface area contributed by atoms with E-state index in [4.69, 9.17) is 4.74 Å². The minimum atomic E-state index is -0.0717. The van der Waals surface area contributed by atoms with Gasteiger partial charge in [-0.25, -0.2) is 9.97 Å². The average Bonchev–Trinajstić information content (AvgIpc) is 2.33. The molecule has 3 heteroatoms. The number of ether oxygens (including phenoxy) is 1. The van der Waals surface area contributed by atoms with Crippen molar-refractivity contribution in [2.24, 2.45) is 5.92 Å². The Morgan fingerprint density at radius 1 is 1.36 bits per heavy atom. The second-order valence-corrected chi connectivity index (χ2v) is 4.34. The first kappa shape index (κ1) is 8.36. The highest BCUT2D eigenvalue weighted by Crippen LogP contribution is 2.46. The fourth-order valence-corrected chi connectivity index (χ4v) is 2.62. The molecule has 0 atom stereocenters. The van der Waals surface area contributed by atoms with Crippen molar-refractivity contribution in [3.05, 3.63) is 24.3 Å². The largest absolute Gasteiger partial charge is 0.368 e. The smallest absolute Gasteiger partial charge is 0.115 e. The minimum Gasteiger partial charge on any atom is -0.368 e. The number of rotatable bonds is 1. The van der Waals surface area contributed by atoms with E-state index in [-0.39, 0.29) is 5.60 Å². The molecule has 1 aromatic heterocycles. The van der Waals surface area contributed by atoms with Gasteiger partial charge in [0.1, 0.15) is 11.9 Å². The zero-order valence-corrected chi connectivity index (χ0v) is 8.15. The third kappa shape index (κ3) is 1.16.